The normalized spacial score (nSPS) is 21.1. The maximum absolute atomic E-state index is 5.51. The van der Waals surface area contributed by atoms with Gasteiger partial charge in [0.15, 0.2) is 0 Å². The third-order valence-electron chi connectivity index (χ3n) is 3.50. The zero-order valence-electron chi connectivity index (χ0n) is 11.8. The van der Waals surface area contributed by atoms with Crippen LogP contribution in [0.25, 0.3) is 0 Å². The second-order valence-corrected chi connectivity index (χ2v) is 8.55. The van der Waals surface area contributed by atoms with Crippen LogP contribution in [0.5, 0.6) is 0 Å². The van der Waals surface area contributed by atoms with E-state index in [0.29, 0.717) is 0 Å². The Morgan fingerprint density at radius 2 is 1.40 bits per heavy atom. The molecule has 0 saturated carbocycles. The molecule has 2 rings (SSSR count). The lowest BCUT2D eigenvalue weighted by Gasteiger charge is -2.33. The molecule has 2 aliphatic heterocycles. The molecule has 0 aliphatic carbocycles. The lowest BCUT2D eigenvalue weighted by molar-refractivity contribution is 0.220. The first-order valence-corrected chi connectivity index (χ1v) is 9.68. The lowest BCUT2D eigenvalue weighted by Crippen LogP contribution is -2.46. The average molecular weight is 351 g/mol. The van der Waals surface area contributed by atoms with Crippen molar-refractivity contribution >= 4 is 56.6 Å². The number of hydrogen-bond donors (Lipinski definition) is 1. The Morgan fingerprint density at radius 3 is 1.95 bits per heavy atom. The summed E-state index contributed by atoms with van der Waals surface area (Å²) in [5.41, 5.74) is 0. The fraction of sp³-hybridized carbons (Fsp3) is 0.833. The van der Waals surface area contributed by atoms with Crippen molar-refractivity contribution in [3.8, 4) is 0 Å². The minimum atomic E-state index is 0.925. The van der Waals surface area contributed by atoms with Crippen molar-refractivity contribution in [1.29, 1.82) is 0 Å². The smallest absolute Gasteiger partial charge is 0.137 e. The van der Waals surface area contributed by atoms with E-state index in [-0.39, 0.29) is 0 Å². The van der Waals surface area contributed by atoms with Crippen molar-refractivity contribution in [1.82, 2.24) is 20.0 Å². The van der Waals surface area contributed by atoms with Crippen molar-refractivity contribution in [3.05, 3.63) is 0 Å². The number of thiocarbonyl (C=S) groups is 2. The molecule has 2 fully saturated rings. The molecule has 0 unspecified atom stereocenters. The quantitative estimate of drug-likeness (QED) is 0.584. The molecule has 1 N–H and O–H groups in total. The Hall–Kier alpha value is 0.400. The van der Waals surface area contributed by atoms with E-state index in [1.54, 1.807) is 23.5 Å². The minimum Gasteiger partial charge on any atom is -0.355 e. The first-order chi connectivity index (χ1) is 9.66. The average Bonchev–Trinajstić information content (AvgIpc) is 2.48. The van der Waals surface area contributed by atoms with Crippen LogP contribution in [0.2, 0.25) is 0 Å². The van der Waals surface area contributed by atoms with Crippen LogP contribution in [-0.2, 0) is 0 Å². The number of hydrogen-bond acceptors (Lipinski definition) is 6. The molecule has 2 aliphatic rings. The number of piperazine rings is 2. The molecule has 0 spiro atoms. The fourth-order valence-corrected chi connectivity index (χ4v) is 5.15. The predicted octanol–water partition coefficient (Wildman–Crippen LogP) is 1.13. The summed E-state index contributed by atoms with van der Waals surface area (Å²) < 4.78 is 2.04. The van der Waals surface area contributed by atoms with Crippen LogP contribution in [0, 0.1) is 0 Å². The minimum absolute atomic E-state index is 0.925. The maximum Gasteiger partial charge on any atom is 0.137 e. The molecule has 2 saturated heterocycles. The van der Waals surface area contributed by atoms with Crippen LogP contribution in [0.1, 0.15) is 0 Å². The highest BCUT2D eigenvalue weighted by Gasteiger charge is 2.17. The van der Waals surface area contributed by atoms with E-state index >= 15 is 0 Å². The summed E-state index contributed by atoms with van der Waals surface area (Å²) in [6.07, 6.45) is 0. The first-order valence-electron chi connectivity index (χ1n) is 6.89. The first kappa shape index (κ1) is 16.8. The number of likely N-dealkylation sites (N-methyl/N-ethyl adjacent to an activating group) is 1. The summed E-state index contributed by atoms with van der Waals surface area (Å²) in [6, 6.07) is 0. The second-order valence-electron chi connectivity index (χ2n) is 4.97. The summed E-state index contributed by atoms with van der Waals surface area (Å²) in [6.45, 7) is 8.43. The van der Waals surface area contributed by atoms with Gasteiger partial charge in [-0.05, 0) is 7.05 Å². The predicted molar refractivity (Wildman–Crippen MR) is 98.8 cm³/mol. The molecule has 0 aromatic heterocycles. The van der Waals surface area contributed by atoms with E-state index < -0.39 is 0 Å². The highest BCUT2D eigenvalue weighted by Crippen LogP contribution is 2.20. The van der Waals surface area contributed by atoms with Crippen LogP contribution in [0.3, 0.4) is 0 Å². The largest absolute Gasteiger partial charge is 0.355 e. The van der Waals surface area contributed by atoms with Crippen molar-refractivity contribution in [2.45, 2.75) is 0 Å². The molecule has 4 nitrogen and oxygen atoms in total. The molecule has 0 amide bonds. The van der Waals surface area contributed by atoms with Gasteiger partial charge in [-0.2, -0.15) is 0 Å². The zero-order chi connectivity index (χ0) is 14.4. The van der Waals surface area contributed by atoms with Crippen LogP contribution in [0.15, 0.2) is 0 Å². The van der Waals surface area contributed by atoms with Crippen LogP contribution in [-0.4, -0.2) is 87.8 Å². The summed E-state index contributed by atoms with van der Waals surface area (Å²) >= 11 is 14.5. The molecule has 20 heavy (non-hydrogen) atoms. The van der Waals surface area contributed by atoms with Crippen LogP contribution < -0.4 is 5.32 Å². The Kier molecular flexibility index (Phi) is 7.33. The molecule has 8 heteroatoms. The van der Waals surface area contributed by atoms with Crippen molar-refractivity contribution < 1.29 is 0 Å². The molecule has 0 bridgehead atoms. The van der Waals surface area contributed by atoms with Gasteiger partial charge in [0.1, 0.15) is 8.64 Å². The van der Waals surface area contributed by atoms with E-state index in [9.17, 15) is 0 Å². The second kappa shape index (κ2) is 8.75. The van der Waals surface area contributed by atoms with E-state index in [2.05, 4.69) is 27.1 Å². The van der Waals surface area contributed by atoms with Crippen LogP contribution in [0.4, 0.5) is 0 Å². The fourth-order valence-electron chi connectivity index (χ4n) is 2.15. The van der Waals surface area contributed by atoms with Crippen molar-refractivity contribution in [2.75, 3.05) is 64.5 Å². The van der Waals surface area contributed by atoms with Crippen molar-refractivity contribution in [3.63, 3.8) is 0 Å². The molecule has 0 aromatic carbocycles. The third kappa shape index (κ3) is 5.31. The summed E-state index contributed by atoms with van der Waals surface area (Å²) in [5.74, 6) is 0. The molecule has 114 valence electrons. The van der Waals surface area contributed by atoms with E-state index in [1.807, 2.05) is 0 Å². The van der Waals surface area contributed by atoms with Gasteiger partial charge in [0.05, 0.1) is 5.08 Å². The Morgan fingerprint density at radius 1 is 0.900 bits per heavy atom. The monoisotopic (exact) mass is 350 g/mol. The summed E-state index contributed by atoms with van der Waals surface area (Å²) in [5, 5.41) is 4.27. The number of thioether (sulfide) groups is 2. The highest BCUT2D eigenvalue weighted by atomic mass is 32.2. The third-order valence-corrected chi connectivity index (χ3v) is 6.68. The van der Waals surface area contributed by atoms with Gasteiger partial charge in [0, 0.05) is 52.4 Å². The maximum atomic E-state index is 5.51. The van der Waals surface area contributed by atoms with Gasteiger partial charge < -0.3 is 20.0 Å². The lowest BCUT2D eigenvalue weighted by atomic mass is 10.4. The van der Waals surface area contributed by atoms with E-state index in [0.717, 1.165) is 66.1 Å². The topological polar surface area (TPSA) is 21.8 Å². The Labute approximate surface area is 141 Å². The highest BCUT2D eigenvalue weighted by molar-refractivity contribution is 8.35. The molecule has 0 radical (unpaired) electrons. The molecule has 0 atom stereocenters. The van der Waals surface area contributed by atoms with E-state index in [1.165, 1.54) is 0 Å². The Bertz CT molecular complexity index is 338. The SMILES string of the molecule is CN1CCN(C(=S)SCSC(=S)N2CCNCC2)CC1. The Balaban J connectivity index is 1.62. The van der Waals surface area contributed by atoms with Gasteiger partial charge in [-0.25, -0.2) is 0 Å². The van der Waals surface area contributed by atoms with E-state index in [4.69, 9.17) is 24.4 Å². The van der Waals surface area contributed by atoms with Gasteiger partial charge in [-0.15, -0.1) is 0 Å². The molecular formula is C12H22N4S4. The molecular weight excluding hydrogens is 328 g/mol. The summed E-state index contributed by atoms with van der Waals surface area (Å²) in [4.78, 5) is 6.95. The number of rotatable bonds is 2. The molecule has 2 heterocycles. The zero-order valence-corrected chi connectivity index (χ0v) is 15.1. The van der Waals surface area contributed by atoms with Gasteiger partial charge in [-0.3, -0.25) is 0 Å². The van der Waals surface area contributed by atoms with Gasteiger partial charge >= 0.3 is 0 Å². The van der Waals surface area contributed by atoms with Crippen LogP contribution >= 0.6 is 48.0 Å². The van der Waals surface area contributed by atoms with Gasteiger partial charge in [0.2, 0.25) is 0 Å². The van der Waals surface area contributed by atoms with Gasteiger partial charge in [-0.1, -0.05) is 48.0 Å². The van der Waals surface area contributed by atoms with Gasteiger partial charge in [0.25, 0.3) is 0 Å². The molecule has 0 aromatic rings. The van der Waals surface area contributed by atoms with Crippen molar-refractivity contribution in [2.24, 2.45) is 0 Å². The number of nitrogens with one attached hydrogen (secondary N) is 1. The summed E-state index contributed by atoms with van der Waals surface area (Å²) in [7, 11) is 2.16. The number of nitrogens with zero attached hydrogens (tertiary/aromatic N) is 3. The standard InChI is InChI=1S/C12H22N4S4/c1-14-6-8-16(9-7-14)12(18)20-10-19-11(17)15-4-2-13-3-5-15/h13H,2-10H2,1H3.